The minimum Gasteiger partial charge on any atom is -0.480 e. The fourth-order valence-electron chi connectivity index (χ4n) is 5.79. The van der Waals surface area contributed by atoms with Crippen molar-refractivity contribution >= 4 is 11.9 Å². The molecule has 4 fully saturated rings. The van der Waals surface area contributed by atoms with Crippen LogP contribution in [0.4, 0.5) is 0 Å². The lowest BCUT2D eigenvalue weighted by atomic mass is 9.44. The number of carboxylic acids is 1. The molecule has 3 unspecified atom stereocenters. The highest BCUT2D eigenvalue weighted by Gasteiger charge is 2.59. The summed E-state index contributed by atoms with van der Waals surface area (Å²) in [5, 5.41) is 12.2. The van der Waals surface area contributed by atoms with Crippen molar-refractivity contribution in [2.45, 2.75) is 65.3 Å². The Morgan fingerprint density at radius 3 is 2.14 bits per heavy atom. The molecule has 0 aromatic carbocycles. The average Bonchev–Trinajstić information content (AvgIpc) is 2.31. The van der Waals surface area contributed by atoms with Gasteiger partial charge in [0.05, 0.1) is 5.41 Å². The molecular formula is C17H27NO3. The number of aliphatic carboxylic acids is 1. The molecule has 1 amide bonds. The molecule has 0 heterocycles. The highest BCUT2D eigenvalue weighted by molar-refractivity contribution is 5.88. The van der Waals surface area contributed by atoms with E-state index < -0.39 is 12.0 Å². The maximum Gasteiger partial charge on any atom is 0.326 e. The molecule has 0 saturated heterocycles. The number of amides is 1. The Morgan fingerprint density at radius 1 is 1.14 bits per heavy atom. The lowest BCUT2D eigenvalue weighted by Gasteiger charge is -2.60. The molecule has 21 heavy (non-hydrogen) atoms. The van der Waals surface area contributed by atoms with Crippen LogP contribution in [-0.2, 0) is 9.59 Å². The predicted octanol–water partition coefficient (Wildman–Crippen LogP) is 2.82. The fourth-order valence-corrected chi connectivity index (χ4v) is 5.79. The summed E-state index contributed by atoms with van der Waals surface area (Å²) in [5.41, 5.74) is 0.0133. The SMILES string of the molecule is CC(C)C(NC(=O)C12CC3CC(CC(C)(C3)C1)C2)C(=O)O. The summed E-state index contributed by atoms with van der Waals surface area (Å²) < 4.78 is 0. The largest absolute Gasteiger partial charge is 0.480 e. The molecule has 0 spiro atoms. The number of nitrogens with one attached hydrogen (secondary N) is 1. The Kier molecular flexibility index (Phi) is 3.34. The van der Waals surface area contributed by atoms with Gasteiger partial charge in [-0.15, -0.1) is 0 Å². The van der Waals surface area contributed by atoms with E-state index in [1.807, 2.05) is 13.8 Å². The van der Waals surface area contributed by atoms with Crippen molar-refractivity contribution in [1.82, 2.24) is 5.32 Å². The van der Waals surface area contributed by atoms with Crippen LogP contribution in [-0.4, -0.2) is 23.0 Å². The number of carbonyl (C=O) groups is 2. The van der Waals surface area contributed by atoms with Gasteiger partial charge >= 0.3 is 5.97 Å². The third-order valence-corrected chi connectivity index (χ3v) is 6.05. The van der Waals surface area contributed by atoms with E-state index in [-0.39, 0.29) is 17.2 Å². The molecule has 0 aromatic rings. The molecule has 0 aliphatic heterocycles. The zero-order chi connectivity index (χ0) is 15.4. The van der Waals surface area contributed by atoms with Crippen LogP contribution in [0.25, 0.3) is 0 Å². The first-order chi connectivity index (χ1) is 9.73. The van der Waals surface area contributed by atoms with Crippen molar-refractivity contribution in [1.29, 1.82) is 0 Å². The van der Waals surface area contributed by atoms with Gasteiger partial charge in [0.1, 0.15) is 6.04 Å². The van der Waals surface area contributed by atoms with Crippen molar-refractivity contribution in [2.75, 3.05) is 0 Å². The lowest BCUT2D eigenvalue weighted by Crippen LogP contribution is -2.59. The summed E-state index contributed by atoms with van der Waals surface area (Å²) in [6.45, 7) is 6.02. The molecule has 4 rings (SSSR count). The standard InChI is InChI=1S/C17H27NO3/c1-10(2)13(14(19)20)18-15(21)17-7-11-4-12(8-17)6-16(3,5-11)9-17/h10-13H,4-9H2,1-3H3,(H,18,21)(H,19,20). The number of hydrogen-bond donors (Lipinski definition) is 2. The highest BCUT2D eigenvalue weighted by Crippen LogP contribution is 2.65. The number of carboxylic acid groups (broad SMARTS) is 1. The van der Waals surface area contributed by atoms with E-state index in [2.05, 4.69) is 12.2 Å². The van der Waals surface area contributed by atoms with E-state index in [4.69, 9.17) is 0 Å². The molecule has 118 valence electrons. The Hall–Kier alpha value is -1.06. The summed E-state index contributed by atoms with van der Waals surface area (Å²) in [6.07, 6.45) is 6.67. The van der Waals surface area contributed by atoms with Crippen LogP contribution in [0.1, 0.15) is 59.3 Å². The monoisotopic (exact) mass is 293 g/mol. The third-order valence-electron chi connectivity index (χ3n) is 6.05. The molecule has 4 aliphatic carbocycles. The lowest BCUT2D eigenvalue weighted by molar-refractivity contribution is -0.159. The predicted molar refractivity (Wildman–Crippen MR) is 79.6 cm³/mol. The minimum absolute atomic E-state index is 0.00363. The van der Waals surface area contributed by atoms with E-state index in [0.717, 1.165) is 19.3 Å². The number of carbonyl (C=O) groups excluding carboxylic acids is 1. The van der Waals surface area contributed by atoms with Crippen LogP contribution in [0.3, 0.4) is 0 Å². The molecule has 4 nitrogen and oxygen atoms in total. The minimum atomic E-state index is -0.922. The van der Waals surface area contributed by atoms with Crippen LogP contribution < -0.4 is 5.32 Å². The first-order valence-electron chi connectivity index (χ1n) is 8.27. The van der Waals surface area contributed by atoms with Crippen LogP contribution in [0.15, 0.2) is 0 Å². The Morgan fingerprint density at radius 2 is 1.71 bits per heavy atom. The van der Waals surface area contributed by atoms with Crippen molar-refractivity contribution in [2.24, 2.45) is 28.6 Å². The summed E-state index contributed by atoms with van der Waals surface area (Å²) in [4.78, 5) is 24.2. The summed E-state index contributed by atoms with van der Waals surface area (Å²) in [7, 11) is 0. The summed E-state index contributed by atoms with van der Waals surface area (Å²) in [5.74, 6) is 0.336. The van der Waals surface area contributed by atoms with Gasteiger partial charge in [0.25, 0.3) is 0 Å². The van der Waals surface area contributed by atoms with Gasteiger partial charge < -0.3 is 10.4 Å². The van der Waals surface area contributed by atoms with Gasteiger partial charge in [0.15, 0.2) is 0 Å². The van der Waals surface area contributed by atoms with E-state index in [1.54, 1.807) is 0 Å². The summed E-state index contributed by atoms with van der Waals surface area (Å²) >= 11 is 0. The van der Waals surface area contributed by atoms with Gasteiger partial charge in [0.2, 0.25) is 5.91 Å². The quantitative estimate of drug-likeness (QED) is 0.837. The average molecular weight is 293 g/mol. The van der Waals surface area contributed by atoms with Crippen molar-refractivity contribution in [3.8, 4) is 0 Å². The number of hydrogen-bond acceptors (Lipinski definition) is 2. The van der Waals surface area contributed by atoms with Gasteiger partial charge in [0, 0.05) is 0 Å². The van der Waals surface area contributed by atoms with Gasteiger partial charge in [-0.05, 0) is 61.7 Å². The molecule has 4 aliphatic rings. The zero-order valence-electron chi connectivity index (χ0n) is 13.3. The van der Waals surface area contributed by atoms with Crippen LogP contribution in [0.5, 0.6) is 0 Å². The normalized spacial score (nSPS) is 42.1. The van der Waals surface area contributed by atoms with Crippen LogP contribution in [0.2, 0.25) is 0 Å². The fraction of sp³-hybridized carbons (Fsp3) is 0.882. The van der Waals surface area contributed by atoms with Gasteiger partial charge in [-0.3, -0.25) is 4.79 Å². The number of rotatable bonds is 4. The summed E-state index contributed by atoms with van der Waals surface area (Å²) in [6, 6.07) is -0.765. The third kappa shape index (κ3) is 2.47. The van der Waals surface area contributed by atoms with Crippen molar-refractivity contribution in [3.63, 3.8) is 0 Å². The Bertz CT molecular complexity index is 457. The van der Waals surface area contributed by atoms with Crippen LogP contribution >= 0.6 is 0 Å². The molecule has 4 bridgehead atoms. The van der Waals surface area contributed by atoms with Crippen LogP contribution in [0, 0.1) is 28.6 Å². The second-order valence-electron chi connectivity index (χ2n) is 8.59. The maximum absolute atomic E-state index is 12.9. The maximum atomic E-state index is 12.9. The molecule has 4 heteroatoms. The zero-order valence-corrected chi connectivity index (χ0v) is 13.3. The topological polar surface area (TPSA) is 66.4 Å². The van der Waals surface area contributed by atoms with Crippen molar-refractivity contribution in [3.05, 3.63) is 0 Å². The van der Waals surface area contributed by atoms with Crippen molar-refractivity contribution < 1.29 is 14.7 Å². The highest BCUT2D eigenvalue weighted by atomic mass is 16.4. The molecular weight excluding hydrogens is 266 g/mol. The first kappa shape index (κ1) is 14.9. The second-order valence-corrected chi connectivity index (χ2v) is 8.59. The first-order valence-corrected chi connectivity index (χ1v) is 8.27. The Balaban J connectivity index is 1.79. The molecule has 0 radical (unpaired) electrons. The van der Waals surface area contributed by atoms with E-state index in [1.165, 1.54) is 19.3 Å². The molecule has 2 N–H and O–H groups in total. The van der Waals surface area contributed by atoms with Gasteiger partial charge in [-0.25, -0.2) is 4.79 Å². The smallest absolute Gasteiger partial charge is 0.326 e. The van der Waals surface area contributed by atoms with E-state index >= 15 is 0 Å². The molecule has 0 aromatic heterocycles. The van der Waals surface area contributed by atoms with E-state index in [0.29, 0.717) is 17.3 Å². The molecule has 4 saturated carbocycles. The molecule has 3 atom stereocenters. The van der Waals surface area contributed by atoms with Gasteiger partial charge in [-0.2, -0.15) is 0 Å². The van der Waals surface area contributed by atoms with Gasteiger partial charge in [-0.1, -0.05) is 20.8 Å². The second kappa shape index (κ2) is 4.72. The van der Waals surface area contributed by atoms with E-state index in [9.17, 15) is 14.7 Å². The Labute approximate surface area is 126 Å².